The highest BCUT2D eigenvalue weighted by atomic mass is 16.2. The van der Waals surface area contributed by atoms with Gasteiger partial charge in [-0.05, 0) is 13.3 Å². The molecule has 2 aliphatic rings. The van der Waals surface area contributed by atoms with Crippen molar-refractivity contribution in [1.82, 2.24) is 24.6 Å². The van der Waals surface area contributed by atoms with Gasteiger partial charge in [0.2, 0.25) is 5.91 Å². The van der Waals surface area contributed by atoms with Crippen LogP contribution in [0.15, 0.2) is 24.8 Å². The zero-order chi connectivity index (χ0) is 15.8. The molecule has 2 fully saturated rings. The maximum absolute atomic E-state index is 11.8. The first-order valence-corrected chi connectivity index (χ1v) is 8.04. The van der Waals surface area contributed by atoms with Gasteiger partial charge in [-0.25, -0.2) is 0 Å². The monoisotopic (exact) mass is 312 g/mol. The van der Waals surface area contributed by atoms with Crippen LogP contribution in [0.25, 0.3) is 0 Å². The Kier molecular flexibility index (Phi) is 3.57. The summed E-state index contributed by atoms with van der Waals surface area (Å²) in [6, 6.07) is 0.374. The Hall–Kier alpha value is -2.28. The quantitative estimate of drug-likeness (QED) is 0.847. The Morgan fingerprint density at radius 1 is 1.26 bits per heavy atom. The van der Waals surface area contributed by atoms with Crippen LogP contribution in [0.4, 0.5) is 5.69 Å². The fraction of sp³-hybridized carbons (Fsp3) is 0.500. The van der Waals surface area contributed by atoms with Crippen molar-refractivity contribution in [3.05, 3.63) is 36.2 Å². The average Bonchev–Trinajstić information content (AvgIpc) is 3.12. The van der Waals surface area contributed by atoms with Crippen molar-refractivity contribution in [2.45, 2.75) is 32.4 Å². The number of aryl methyl sites for hydroxylation is 1. The molecule has 2 aromatic rings. The maximum Gasteiger partial charge on any atom is 0.227 e. The Morgan fingerprint density at radius 3 is 2.83 bits per heavy atom. The summed E-state index contributed by atoms with van der Waals surface area (Å²) in [5.74, 6) is 0.206. The van der Waals surface area contributed by atoms with Crippen LogP contribution in [0.1, 0.15) is 30.3 Å². The number of anilines is 1. The van der Waals surface area contributed by atoms with E-state index in [9.17, 15) is 4.79 Å². The molecule has 0 N–H and O–H groups in total. The molecule has 0 bridgehead atoms. The van der Waals surface area contributed by atoms with E-state index in [4.69, 9.17) is 0 Å². The van der Waals surface area contributed by atoms with E-state index in [2.05, 4.69) is 20.0 Å². The molecule has 0 aliphatic carbocycles. The Labute approximate surface area is 134 Å². The van der Waals surface area contributed by atoms with Gasteiger partial charge in [-0.3, -0.25) is 24.3 Å². The molecule has 0 unspecified atom stereocenters. The lowest BCUT2D eigenvalue weighted by molar-refractivity contribution is -0.117. The van der Waals surface area contributed by atoms with Crippen LogP contribution >= 0.6 is 0 Å². The van der Waals surface area contributed by atoms with Crippen LogP contribution in [-0.4, -0.2) is 50.2 Å². The SMILES string of the molecule is Cc1nccnc1CN1CC(n2cc(N3CCCC3=O)cn2)C1. The first-order chi connectivity index (χ1) is 11.2. The van der Waals surface area contributed by atoms with Gasteiger partial charge in [-0.15, -0.1) is 0 Å². The number of amides is 1. The fourth-order valence-corrected chi connectivity index (χ4v) is 3.23. The van der Waals surface area contributed by atoms with Gasteiger partial charge in [-0.2, -0.15) is 5.10 Å². The molecule has 120 valence electrons. The van der Waals surface area contributed by atoms with E-state index in [1.54, 1.807) is 18.6 Å². The summed E-state index contributed by atoms with van der Waals surface area (Å²) in [5, 5.41) is 4.44. The average molecular weight is 312 g/mol. The molecule has 4 rings (SSSR count). The highest BCUT2D eigenvalue weighted by Gasteiger charge is 2.30. The third-order valence-corrected chi connectivity index (χ3v) is 4.64. The predicted octanol–water partition coefficient (Wildman–Crippen LogP) is 1.17. The van der Waals surface area contributed by atoms with E-state index in [-0.39, 0.29) is 5.91 Å². The van der Waals surface area contributed by atoms with Gasteiger partial charge in [0.05, 0.1) is 29.3 Å². The second-order valence-corrected chi connectivity index (χ2v) is 6.26. The molecule has 0 saturated carbocycles. The van der Waals surface area contributed by atoms with Crippen LogP contribution in [0.5, 0.6) is 0 Å². The van der Waals surface area contributed by atoms with Crippen molar-refractivity contribution in [2.24, 2.45) is 0 Å². The van der Waals surface area contributed by atoms with Crippen LogP contribution in [0, 0.1) is 6.92 Å². The molecule has 0 spiro atoms. The fourth-order valence-electron chi connectivity index (χ4n) is 3.23. The molecule has 2 aliphatic heterocycles. The summed E-state index contributed by atoms with van der Waals surface area (Å²) in [6.45, 7) is 5.53. The summed E-state index contributed by atoms with van der Waals surface area (Å²) in [4.78, 5) is 24.6. The van der Waals surface area contributed by atoms with E-state index < -0.39 is 0 Å². The Morgan fingerprint density at radius 2 is 2.09 bits per heavy atom. The summed E-state index contributed by atoms with van der Waals surface area (Å²) in [7, 11) is 0. The molecule has 2 aromatic heterocycles. The summed E-state index contributed by atoms with van der Waals surface area (Å²) < 4.78 is 1.99. The summed E-state index contributed by atoms with van der Waals surface area (Å²) in [6.07, 6.45) is 8.87. The third kappa shape index (κ3) is 2.72. The van der Waals surface area contributed by atoms with Crippen molar-refractivity contribution in [3.63, 3.8) is 0 Å². The molecular weight excluding hydrogens is 292 g/mol. The standard InChI is InChI=1S/C16H20N6O/c1-12-15(18-5-4-17-12)11-20-8-14(9-20)22-10-13(7-19-22)21-6-2-3-16(21)23/h4-5,7,10,14H,2-3,6,8-9,11H2,1H3. The molecule has 4 heterocycles. The van der Waals surface area contributed by atoms with Crippen LogP contribution in [0.2, 0.25) is 0 Å². The second-order valence-electron chi connectivity index (χ2n) is 6.26. The lowest BCUT2D eigenvalue weighted by atomic mass is 10.1. The van der Waals surface area contributed by atoms with Crippen molar-refractivity contribution >= 4 is 11.6 Å². The first-order valence-electron chi connectivity index (χ1n) is 8.04. The van der Waals surface area contributed by atoms with Crippen LogP contribution in [-0.2, 0) is 11.3 Å². The predicted molar refractivity (Wildman–Crippen MR) is 84.9 cm³/mol. The summed E-state index contributed by atoms with van der Waals surface area (Å²) in [5.41, 5.74) is 2.95. The van der Waals surface area contributed by atoms with Crippen molar-refractivity contribution in [2.75, 3.05) is 24.5 Å². The van der Waals surface area contributed by atoms with Gasteiger partial charge in [0, 0.05) is 51.2 Å². The largest absolute Gasteiger partial charge is 0.309 e. The topological polar surface area (TPSA) is 67.2 Å². The minimum Gasteiger partial charge on any atom is -0.309 e. The number of nitrogens with zero attached hydrogens (tertiary/aromatic N) is 6. The number of rotatable bonds is 4. The number of likely N-dealkylation sites (tertiary alicyclic amines) is 1. The van der Waals surface area contributed by atoms with E-state index in [1.807, 2.05) is 22.7 Å². The van der Waals surface area contributed by atoms with E-state index in [0.29, 0.717) is 12.5 Å². The highest BCUT2D eigenvalue weighted by molar-refractivity contribution is 5.95. The number of hydrogen-bond acceptors (Lipinski definition) is 5. The second kappa shape index (κ2) is 5.73. The van der Waals surface area contributed by atoms with E-state index in [0.717, 1.165) is 49.7 Å². The van der Waals surface area contributed by atoms with E-state index in [1.165, 1.54) is 0 Å². The maximum atomic E-state index is 11.8. The minimum atomic E-state index is 0.206. The lowest BCUT2D eigenvalue weighted by Gasteiger charge is -2.39. The zero-order valence-electron chi connectivity index (χ0n) is 13.2. The van der Waals surface area contributed by atoms with Gasteiger partial charge >= 0.3 is 0 Å². The molecular formula is C16H20N6O. The lowest BCUT2D eigenvalue weighted by Crippen LogP contribution is -2.47. The molecule has 7 heteroatoms. The zero-order valence-corrected chi connectivity index (χ0v) is 13.2. The Balaban J connectivity index is 1.36. The molecule has 0 radical (unpaired) electrons. The molecule has 1 amide bonds. The minimum absolute atomic E-state index is 0.206. The number of hydrogen-bond donors (Lipinski definition) is 0. The van der Waals surface area contributed by atoms with Crippen molar-refractivity contribution < 1.29 is 4.79 Å². The summed E-state index contributed by atoms with van der Waals surface area (Å²) >= 11 is 0. The number of aromatic nitrogens is 4. The third-order valence-electron chi connectivity index (χ3n) is 4.64. The molecule has 7 nitrogen and oxygen atoms in total. The molecule has 2 saturated heterocycles. The van der Waals surface area contributed by atoms with Crippen molar-refractivity contribution in [3.8, 4) is 0 Å². The van der Waals surface area contributed by atoms with Gasteiger partial charge in [-0.1, -0.05) is 0 Å². The van der Waals surface area contributed by atoms with Gasteiger partial charge < -0.3 is 4.90 Å². The Bertz CT molecular complexity index is 721. The van der Waals surface area contributed by atoms with Crippen LogP contribution in [0.3, 0.4) is 0 Å². The smallest absolute Gasteiger partial charge is 0.227 e. The normalized spacial score (nSPS) is 19.3. The number of carbonyl (C=O) groups is 1. The molecule has 0 aromatic carbocycles. The van der Waals surface area contributed by atoms with Gasteiger partial charge in [0.25, 0.3) is 0 Å². The van der Waals surface area contributed by atoms with E-state index >= 15 is 0 Å². The highest BCUT2D eigenvalue weighted by Crippen LogP contribution is 2.26. The first kappa shape index (κ1) is 14.3. The van der Waals surface area contributed by atoms with Crippen molar-refractivity contribution in [1.29, 1.82) is 0 Å². The number of carbonyl (C=O) groups excluding carboxylic acids is 1. The molecule has 0 atom stereocenters. The van der Waals surface area contributed by atoms with Crippen LogP contribution < -0.4 is 4.90 Å². The van der Waals surface area contributed by atoms with Gasteiger partial charge in [0.1, 0.15) is 0 Å². The molecule has 23 heavy (non-hydrogen) atoms. The van der Waals surface area contributed by atoms with Gasteiger partial charge in [0.15, 0.2) is 0 Å².